The van der Waals surface area contributed by atoms with Gasteiger partial charge < -0.3 is 9.73 Å². The van der Waals surface area contributed by atoms with Crippen molar-refractivity contribution in [1.29, 1.82) is 0 Å². The molecule has 0 radical (unpaired) electrons. The van der Waals surface area contributed by atoms with Gasteiger partial charge in [0.05, 0.1) is 16.1 Å². The van der Waals surface area contributed by atoms with Crippen molar-refractivity contribution in [3.63, 3.8) is 0 Å². The summed E-state index contributed by atoms with van der Waals surface area (Å²) in [5, 5.41) is 3.89. The van der Waals surface area contributed by atoms with Crippen molar-refractivity contribution in [2.24, 2.45) is 0 Å². The topological polar surface area (TPSA) is 25.2 Å². The van der Waals surface area contributed by atoms with Gasteiger partial charge in [0.1, 0.15) is 5.82 Å². The smallest absolute Gasteiger partial charge is 0.151 e. The molecular formula is C13H15BrFNO. The first-order chi connectivity index (χ1) is 8.09. The first-order valence-electron chi connectivity index (χ1n) is 5.67. The van der Waals surface area contributed by atoms with E-state index >= 15 is 0 Å². The van der Waals surface area contributed by atoms with Gasteiger partial charge in [-0.25, -0.2) is 4.39 Å². The van der Waals surface area contributed by atoms with Gasteiger partial charge >= 0.3 is 0 Å². The molecular weight excluding hydrogens is 285 g/mol. The van der Waals surface area contributed by atoms with Gasteiger partial charge in [-0.15, -0.1) is 0 Å². The maximum atomic E-state index is 13.7. The highest BCUT2D eigenvalue weighted by Gasteiger charge is 2.13. The van der Waals surface area contributed by atoms with Gasteiger partial charge in [-0.2, -0.15) is 0 Å². The van der Waals surface area contributed by atoms with Crippen LogP contribution in [-0.2, 0) is 6.42 Å². The van der Waals surface area contributed by atoms with Gasteiger partial charge in [0.15, 0.2) is 5.58 Å². The lowest BCUT2D eigenvalue weighted by atomic mass is 10.1. The van der Waals surface area contributed by atoms with E-state index in [4.69, 9.17) is 4.42 Å². The number of hydrogen-bond acceptors (Lipinski definition) is 2. The number of benzene rings is 1. The highest BCUT2D eigenvalue weighted by atomic mass is 79.9. The maximum absolute atomic E-state index is 13.7. The van der Waals surface area contributed by atoms with Crippen molar-refractivity contribution in [3.8, 4) is 0 Å². The molecule has 1 aromatic carbocycles. The Morgan fingerprint density at radius 1 is 1.41 bits per heavy atom. The average molecular weight is 300 g/mol. The summed E-state index contributed by atoms with van der Waals surface area (Å²) in [5.74, 6) is -0.225. The van der Waals surface area contributed by atoms with Gasteiger partial charge in [0.2, 0.25) is 0 Å². The van der Waals surface area contributed by atoms with Crippen LogP contribution in [0.3, 0.4) is 0 Å². The van der Waals surface area contributed by atoms with E-state index in [0.29, 0.717) is 17.0 Å². The fourth-order valence-corrected chi connectivity index (χ4v) is 2.24. The molecule has 0 aliphatic heterocycles. The van der Waals surface area contributed by atoms with E-state index in [0.717, 1.165) is 23.0 Å². The maximum Gasteiger partial charge on any atom is 0.151 e. The predicted molar refractivity (Wildman–Crippen MR) is 70.7 cm³/mol. The summed E-state index contributed by atoms with van der Waals surface area (Å²) in [6, 6.07) is 3.56. The summed E-state index contributed by atoms with van der Waals surface area (Å²) < 4.78 is 19.9. The lowest BCUT2D eigenvalue weighted by Gasteiger charge is -2.06. The molecule has 2 aromatic rings. The van der Waals surface area contributed by atoms with E-state index in [2.05, 4.69) is 35.1 Å². The van der Waals surface area contributed by atoms with Crippen LogP contribution in [0.1, 0.15) is 19.4 Å². The lowest BCUT2D eigenvalue weighted by Crippen LogP contribution is -2.24. The SMILES string of the molecule is CC(C)NCCc1coc2c(Br)ccc(F)c12. The lowest BCUT2D eigenvalue weighted by molar-refractivity contribution is 0.580. The Balaban J connectivity index is 2.26. The van der Waals surface area contributed by atoms with E-state index in [9.17, 15) is 4.39 Å². The Hall–Kier alpha value is -0.870. The van der Waals surface area contributed by atoms with Crippen LogP contribution in [-0.4, -0.2) is 12.6 Å². The monoisotopic (exact) mass is 299 g/mol. The van der Waals surface area contributed by atoms with Crippen molar-refractivity contribution in [2.45, 2.75) is 26.3 Å². The van der Waals surface area contributed by atoms with Crippen molar-refractivity contribution in [1.82, 2.24) is 5.32 Å². The first-order valence-corrected chi connectivity index (χ1v) is 6.46. The molecule has 0 aliphatic rings. The molecule has 2 nitrogen and oxygen atoms in total. The minimum atomic E-state index is -0.225. The average Bonchev–Trinajstić information content (AvgIpc) is 2.68. The molecule has 2 rings (SSSR count). The molecule has 0 unspecified atom stereocenters. The van der Waals surface area contributed by atoms with Gasteiger partial charge in [0.25, 0.3) is 0 Å². The van der Waals surface area contributed by atoms with Crippen LogP contribution in [0.5, 0.6) is 0 Å². The molecule has 0 fully saturated rings. The van der Waals surface area contributed by atoms with E-state index in [-0.39, 0.29) is 5.82 Å². The molecule has 4 heteroatoms. The molecule has 1 N–H and O–H groups in total. The summed E-state index contributed by atoms with van der Waals surface area (Å²) in [4.78, 5) is 0. The fraction of sp³-hybridized carbons (Fsp3) is 0.385. The minimum Gasteiger partial charge on any atom is -0.463 e. The van der Waals surface area contributed by atoms with Crippen molar-refractivity contribution in [3.05, 3.63) is 34.2 Å². The van der Waals surface area contributed by atoms with E-state index < -0.39 is 0 Å². The zero-order chi connectivity index (χ0) is 12.4. The second-order valence-corrected chi connectivity index (χ2v) is 5.21. The Morgan fingerprint density at radius 3 is 2.88 bits per heavy atom. The summed E-state index contributed by atoms with van der Waals surface area (Å²) in [7, 11) is 0. The molecule has 0 spiro atoms. The van der Waals surface area contributed by atoms with Crippen molar-refractivity contribution < 1.29 is 8.81 Å². The third kappa shape index (κ3) is 2.69. The Morgan fingerprint density at radius 2 is 2.18 bits per heavy atom. The summed E-state index contributed by atoms with van der Waals surface area (Å²) in [5.41, 5.74) is 1.50. The number of nitrogens with one attached hydrogen (secondary N) is 1. The van der Waals surface area contributed by atoms with Gasteiger partial charge in [-0.1, -0.05) is 13.8 Å². The third-order valence-electron chi connectivity index (χ3n) is 2.65. The highest BCUT2D eigenvalue weighted by molar-refractivity contribution is 9.10. The van der Waals surface area contributed by atoms with Gasteiger partial charge in [0, 0.05) is 11.6 Å². The van der Waals surface area contributed by atoms with Crippen LogP contribution < -0.4 is 5.32 Å². The Kier molecular flexibility index (Phi) is 3.84. The molecule has 1 heterocycles. The highest BCUT2D eigenvalue weighted by Crippen LogP contribution is 2.30. The molecule has 0 atom stereocenters. The largest absolute Gasteiger partial charge is 0.463 e. The third-order valence-corrected chi connectivity index (χ3v) is 3.27. The number of rotatable bonds is 4. The molecule has 92 valence electrons. The summed E-state index contributed by atoms with van der Waals surface area (Å²) in [6.45, 7) is 4.99. The molecule has 17 heavy (non-hydrogen) atoms. The zero-order valence-corrected chi connectivity index (χ0v) is 11.5. The molecule has 1 aromatic heterocycles. The second-order valence-electron chi connectivity index (χ2n) is 4.35. The number of fused-ring (bicyclic) bond motifs is 1. The Bertz CT molecular complexity index is 521. The predicted octanol–water partition coefficient (Wildman–Crippen LogP) is 3.87. The van der Waals surface area contributed by atoms with Crippen LogP contribution in [0.2, 0.25) is 0 Å². The minimum absolute atomic E-state index is 0.225. The molecule has 0 bridgehead atoms. The van der Waals surface area contributed by atoms with Crippen LogP contribution in [0, 0.1) is 5.82 Å². The molecule has 0 saturated heterocycles. The zero-order valence-electron chi connectivity index (χ0n) is 9.89. The quantitative estimate of drug-likeness (QED) is 0.927. The van der Waals surface area contributed by atoms with Gasteiger partial charge in [-0.05, 0) is 41.0 Å². The van der Waals surface area contributed by atoms with E-state index in [1.807, 2.05) is 0 Å². The van der Waals surface area contributed by atoms with Crippen LogP contribution >= 0.6 is 15.9 Å². The molecule has 0 saturated carbocycles. The van der Waals surface area contributed by atoms with Crippen molar-refractivity contribution in [2.75, 3.05) is 6.54 Å². The van der Waals surface area contributed by atoms with Crippen molar-refractivity contribution >= 4 is 26.9 Å². The van der Waals surface area contributed by atoms with Gasteiger partial charge in [-0.3, -0.25) is 0 Å². The number of furan rings is 1. The standard InChI is InChI=1S/C13H15BrFNO/c1-8(2)16-6-5-9-7-17-13-10(14)3-4-11(15)12(9)13/h3-4,7-8,16H,5-6H2,1-2H3. The molecule has 0 aliphatic carbocycles. The summed E-state index contributed by atoms with van der Waals surface area (Å²) in [6.07, 6.45) is 2.40. The van der Waals surface area contributed by atoms with E-state index in [1.54, 1.807) is 12.3 Å². The molecule has 0 amide bonds. The number of halogens is 2. The van der Waals surface area contributed by atoms with Crippen LogP contribution in [0.25, 0.3) is 11.0 Å². The van der Waals surface area contributed by atoms with E-state index in [1.165, 1.54) is 6.07 Å². The number of hydrogen-bond donors (Lipinski definition) is 1. The Labute approximate surface area is 108 Å². The first kappa shape index (κ1) is 12.6. The normalized spacial score (nSPS) is 11.6. The van der Waals surface area contributed by atoms with Crippen LogP contribution in [0.4, 0.5) is 4.39 Å². The fourth-order valence-electron chi connectivity index (χ4n) is 1.82. The van der Waals surface area contributed by atoms with Crippen LogP contribution in [0.15, 0.2) is 27.3 Å². The summed E-state index contributed by atoms with van der Waals surface area (Å²) >= 11 is 3.36. The second kappa shape index (κ2) is 5.19.